The summed E-state index contributed by atoms with van der Waals surface area (Å²) in [6, 6.07) is 3.55. The minimum Gasteiger partial charge on any atom is -0.338 e. The summed E-state index contributed by atoms with van der Waals surface area (Å²) >= 11 is 9.51. The second kappa shape index (κ2) is 8.87. The molecule has 1 fully saturated rings. The first-order valence-electron chi connectivity index (χ1n) is 8.93. The van der Waals surface area contributed by atoms with Crippen molar-refractivity contribution in [3.8, 4) is 0 Å². The number of aryl methyl sites for hydroxylation is 2. The zero-order valence-corrected chi connectivity index (χ0v) is 18.0. The van der Waals surface area contributed by atoms with Gasteiger partial charge in [-0.2, -0.15) is 5.10 Å². The van der Waals surface area contributed by atoms with Crippen molar-refractivity contribution in [3.05, 3.63) is 45.3 Å². The Morgan fingerprint density at radius 1 is 1.39 bits per heavy atom. The number of hydrogen-bond donors (Lipinski definition) is 1. The summed E-state index contributed by atoms with van der Waals surface area (Å²) in [5, 5.41) is 7.53. The van der Waals surface area contributed by atoms with Crippen molar-refractivity contribution >= 4 is 51.2 Å². The lowest BCUT2D eigenvalue weighted by molar-refractivity contribution is -0.130. The third kappa shape index (κ3) is 4.80. The molecule has 0 aromatic carbocycles. The van der Waals surface area contributed by atoms with Gasteiger partial charge in [-0.3, -0.25) is 14.3 Å². The molecular formula is C19H21BrClN5O2. The zero-order valence-electron chi connectivity index (χ0n) is 15.7. The van der Waals surface area contributed by atoms with Crippen molar-refractivity contribution < 1.29 is 9.59 Å². The highest BCUT2D eigenvalue weighted by Gasteiger charge is 2.28. The molecule has 1 aliphatic heterocycles. The molecule has 148 valence electrons. The number of hydrogen-bond acceptors (Lipinski definition) is 4. The number of anilines is 1. The standard InChI is InChI=1S/C19H21BrClN5O2/c1-12-15(18(21)25(2)24-12)6-8-17(27)26-9-3-4-13(11-26)19(28)23-16-7-5-14(20)10-22-16/h5-8,10,13H,3-4,9,11H2,1-2H3,(H,22,23,28). The maximum absolute atomic E-state index is 12.6. The number of amides is 2. The van der Waals surface area contributed by atoms with Crippen LogP contribution in [0.25, 0.3) is 6.08 Å². The van der Waals surface area contributed by atoms with Gasteiger partial charge in [-0.15, -0.1) is 0 Å². The second-order valence-corrected chi connectivity index (χ2v) is 7.99. The van der Waals surface area contributed by atoms with E-state index in [1.54, 1.807) is 35.0 Å². The van der Waals surface area contributed by atoms with E-state index >= 15 is 0 Å². The molecule has 28 heavy (non-hydrogen) atoms. The molecule has 3 rings (SSSR count). The Balaban J connectivity index is 1.62. The lowest BCUT2D eigenvalue weighted by Gasteiger charge is -2.31. The van der Waals surface area contributed by atoms with E-state index < -0.39 is 0 Å². The number of aromatic nitrogens is 3. The summed E-state index contributed by atoms with van der Waals surface area (Å²) < 4.78 is 2.41. The Morgan fingerprint density at radius 3 is 2.82 bits per heavy atom. The van der Waals surface area contributed by atoms with Crippen LogP contribution in [-0.4, -0.2) is 44.6 Å². The Morgan fingerprint density at radius 2 is 2.18 bits per heavy atom. The lowest BCUT2D eigenvalue weighted by atomic mass is 9.97. The Hall–Kier alpha value is -2.19. The number of likely N-dealkylation sites (tertiary alicyclic amines) is 1. The van der Waals surface area contributed by atoms with Gasteiger partial charge in [0.25, 0.3) is 0 Å². The number of halogens is 2. The molecule has 1 aliphatic rings. The number of nitrogens with one attached hydrogen (secondary N) is 1. The first kappa shape index (κ1) is 20.5. The highest BCUT2D eigenvalue weighted by atomic mass is 79.9. The molecule has 2 aromatic heterocycles. The minimum absolute atomic E-state index is 0.123. The van der Waals surface area contributed by atoms with Crippen molar-refractivity contribution in [2.24, 2.45) is 13.0 Å². The molecule has 1 saturated heterocycles. The Kier molecular flexibility index (Phi) is 6.51. The van der Waals surface area contributed by atoms with Crippen LogP contribution in [0.4, 0.5) is 5.82 Å². The van der Waals surface area contributed by atoms with E-state index in [2.05, 4.69) is 31.3 Å². The second-order valence-electron chi connectivity index (χ2n) is 6.72. The van der Waals surface area contributed by atoms with Crippen molar-refractivity contribution in [1.82, 2.24) is 19.7 Å². The molecule has 3 heterocycles. The summed E-state index contributed by atoms with van der Waals surface area (Å²) in [7, 11) is 1.75. The zero-order chi connectivity index (χ0) is 20.3. The van der Waals surface area contributed by atoms with Gasteiger partial charge in [0.15, 0.2) is 0 Å². The number of rotatable bonds is 4. The van der Waals surface area contributed by atoms with Crippen LogP contribution in [0.15, 0.2) is 28.9 Å². The number of piperidine rings is 1. The van der Waals surface area contributed by atoms with E-state index in [4.69, 9.17) is 11.6 Å². The van der Waals surface area contributed by atoms with Crippen LogP contribution in [-0.2, 0) is 16.6 Å². The first-order valence-corrected chi connectivity index (χ1v) is 10.1. The topological polar surface area (TPSA) is 80.1 Å². The molecule has 1 N–H and O–H groups in total. The van der Waals surface area contributed by atoms with E-state index in [1.165, 1.54) is 6.08 Å². The van der Waals surface area contributed by atoms with Crippen molar-refractivity contribution in [2.75, 3.05) is 18.4 Å². The summed E-state index contributed by atoms with van der Waals surface area (Å²) in [4.78, 5) is 31.0. The number of carbonyl (C=O) groups is 2. The van der Waals surface area contributed by atoms with E-state index in [0.29, 0.717) is 24.1 Å². The molecule has 7 nitrogen and oxygen atoms in total. The van der Waals surface area contributed by atoms with Crippen LogP contribution in [0.1, 0.15) is 24.1 Å². The molecule has 0 aliphatic carbocycles. The van der Waals surface area contributed by atoms with E-state index in [-0.39, 0.29) is 17.7 Å². The summed E-state index contributed by atoms with van der Waals surface area (Å²) in [5.74, 6) is -0.0282. The molecular weight excluding hydrogens is 446 g/mol. The SMILES string of the molecule is Cc1nn(C)c(Cl)c1C=CC(=O)N1CCCC(C(=O)Nc2ccc(Br)cn2)C1. The van der Waals surface area contributed by atoms with Crippen LogP contribution in [0.2, 0.25) is 5.15 Å². The molecule has 0 saturated carbocycles. The third-order valence-corrected chi connectivity index (χ3v) is 5.59. The van der Waals surface area contributed by atoms with Gasteiger partial charge < -0.3 is 10.2 Å². The third-order valence-electron chi connectivity index (χ3n) is 4.67. The van der Waals surface area contributed by atoms with E-state index in [1.807, 2.05) is 13.0 Å². The van der Waals surface area contributed by atoms with Gasteiger partial charge in [0, 0.05) is 42.4 Å². The van der Waals surface area contributed by atoms with Gasteiger partial charge in [-0.1, -0.05) is 11.6 Å². The maximum atomic E-state index is 12.6. The predicted molar refractivity (Wildman–Crippen MR) is 112 cm³/mol. The van der Waals surface area contributed by atoms with Crippen LogP contribution in [0.3, 0.4) is 0 Å². The van der Waals surface area contributed by atoms with Crippen molar-refractivity contribution in [3.63, 3.8) is 0 Å². The molecule has 1 unspecified atom stereocenters. The largest absolute Gasteiger partial charge is 0.338 e. The monoisotopic (exact) mass is 465 g/mol. The van der Waals surface area contributed by atoms with Crippen molar-refractivity contribution in [2.45, 2.75) is 19.8 Å². The van der Waals surface area contributed by atoms with Gasteiger partial charge in [-0.05, 0) is 53.9 Å². The quantitative estimate of drug-likeness (QED) is 0.700. The van der Waals surface area contributed by atoms with Crippen LogP contribution < -0.4 is 5.32 Å². The fourth-order valence-corrected chi connectivity index (χ4v) is 3.64. The number of nitrogens with zero attached hydrogens (tertiary/aromatic N) is 4. The van der Waals surface area contributed by atoms with Gasteiger partial charge in [-0.25, -0.2) is 4.98 Å². The smallest absolute Gasteiger partial charge is 0.246 e. The molecule has 2 aromatic rings. The fraction of sp³-hybridized carbons (Fsp3) is 0.368. The Labute approximate surface area is 176 Å². The van der Waals surface area contributed by atoms with Crippen LogP contribution in [0, 0.1) is 12.8 Å². The molecule has 0 spiro atoms. The first-order chi connectivity index (χ1) is 13.3. The minimum atomic E-state index is -0.264. The highest BCUT2D eigenvalue weighted by molar-refractivity contribution is 9.10. The summed E-state index contributed by atoms with van der Waals surface area (Å²) in [6.45, 7) is 2.85. The molecule has 0 radical (unpaired) electrons. The maximum Gasteiger partial charge on any atom is 0.246 e. The molecule has 9 heteroatoms. The van der Waals surface area contributed by atoms with E-state index in [0.717, 1.165) is 28.6 Å². The van der Waals surface area contributed by atoms with Crippen molar-refractivity contribution in [1.29, 1.82) is 0 Å². The number of carbonyl (C=O) groups excluding carboxylic acids is 2. The molecule has 1 atom stereocenters. The van der Waals surface area contributed by atoms with Gasteiger partial charge >= 0.3 is 0 Å². The summed E-state index contributed by atoms with van der Waals surface area (Å²) in [5.41, 5.74) is 1.49. The molecule has 0 bridgehead atoms. The average Bonchev–Trinajstić information content (AvgIpc) is 2.93. The normalized spacial score (nSPS) is 17.1. The highest BCUT2D eigenvalue weighted by Crippen LogP contribution is 2.22. The number of pyridine rings is 1. The van der Waals surface area contributed by atoms with Crippen LogP contribution in [0.5, 0.6) is 0 Å². The van der Waals surface area contributed by atoms with Gasteiger partial charge in [0.05, 0.1) is 11.6 Å². The lowest BCUT2D eigenvalue weighted by Crippen LogP contribution is -2.43. The van der Waals surface area contributed by atoms with Crippen LogP contribution >= 0.6 is 27.5 Å². The predicted octanol–water partition coefficient (Wildman–Crippen LogP) is 3.43. The van der Waals surface area contributed by atoms with Gasteiger partial charge in [0.2, 0.25) is 11.8 Å². The Bertz CT molecular complexity index is 910. The average molecular weight is 467 g/mol. The summed E-state index contributed by atoms with van der Waals surface area (Å²) in [6.07, 6.45) is 6.32. The fourth-order valence-electron chi connectivity index (χ4n) is 3.17. The molecule has 2 amide bonds. The van der Waals surface area contributed by atoms with Gasteiger partial charge in [0.1, 0.15) is 11.0 Å². The van der Waals surface area contributed by atoms with E-state index in [9.17, 15) is 9.59 Å².